The van der Waals surface area contributed by atoms with E-state index < -0.39 is 0 Å². The van der Waals surface area contributed by atoms with Crippen molar-refractivity contribution in [1.29, 1.82) is 0 Å². The Morgan fingerprint density at radius 1 is 1.32 bits per heavy atom. The van der Waals surface area contributed by atoms with Gasteiger partial charge in [0.15, 0.2) is 5.96 Å². The lowest BCUT2D eigenvalue weighted by Crippen LogP contribution is -2.39. The van der Waals surface area contributed by atoms with Crippen LogP contribution in [0.5, 0.6) is 0 Å². The molecular formula is C17H31N3OS. The third-order valence-electron chi connectivity index (χ3n) is 3.69. The number of nitrogens with one attached hydrogen (secondary N) is 2. The Kier molecular flexibility index (Phi) is 9.91. The molecule has 0 fully saturated rings. The van der Waals surface area contributed by atoms with Crippen molar-refractivity contribution in [2.75, 3.05) is 26.2 Å². The predicted octanol–water partition coefficient (Wildman–Crippen LogP) is 3.21. The van der Waals surface area contributed by atoms with Gasteiger partial charge in [-0.25, -0.2) is 0 Å². The second-order valence-electron chi connectivity index (χ2n) is 5.68. The summed E-state index contributed by atoms with van der Waals surface area (Å²) in [7, 11) is 0. The van der Waals surface area contributed by atoms with Crippen LogP contribution in [0.15, 0.2) is 22.5 Å². The largest absolute Gasteiger partial charge is 0.396 e. The highest BCUT2D eigenvalue weighted by Crippen LogP contribution is 2.19. The molecule has 2 unspecified atom stereocenters. The molecule has 126 valence electrons. The average molecular weight is 326 g/mol. The summed E-state index contributed by atoms with van der Waals surface area (Å²) in [6, 6.07) is 4.28. The molecule has 0 aliphatic rings. The van der Waals surface area contributed by atoms with Gasteiger partial charge >= 0.3 is 0 Å². The fourth-order valence-electron chi connectivity index (χ4n) is 2.40. The number of aliphatic hydroxyl groups excluding tert-OH is 1. The van der Waals surface area contributed by atoms with E-state index in [4.69, 9.17) is 10.1 Å². The van der Waals surface area contributed by atoms with Crippen molar-refractivity contribution in [3.05, 3.63) is 22.4 Å². The summed E-state index contributed by atoms with van der Waals surface area (Å²) >= 11 is 1.80. The van der Waals surface area contributed by atoms with Crippen LogP contribution in [0.4, 0.5) is 0 Å². The van der Waals surface area contributed by atoms with E-state index in [0.29, 0.717) is 11.8 Å². The summed E-state index contributed by atoms with van der Waals surface area (Å²) in [6.45, 7) is 9.25. The van der Waals surface area contributed by atoms with Crippen LogP contribution in [-0.4, -0.2) is 37.3 Å². The number of guanidine groups is 1. The molecule has 22 heavy (non-hydrogen) atoms. The number of aliphatic imine (C=N–C) groups is 1. The van der Waals surface area contributed by atoms with Crippen LogP contribution >= 0.6 is 11.3 Å². The SMILES string of the molecule is CCCC(CCO)CN=C(NCC)NCC(C)c1cccs1. The Labute approximate surface area is 139 Å². The summed E-state index contributed by atoms with van der Waals surface area (Å²) in [5.74, 6) is 1.83. The molecule has 0 aromatic carbocycles. The summed E-state index contributed by atoms with van der Waals surface area (Å²) in [5.41, 5.74) is 0. The molecule has 2 atom stereocenters. The molecule has 0 radical (unpaired) electrons. The van der Waals surface area contributed by atoms with Gasteiger partial charge in [-0.2, -0.15) is 0 Å². The van der Waals surface area contributed by atoms with Crippen molar-refractivity contribution in [2.45, 2.75) is 46.0 Å². The molecule has 1 aromatic heterocycles. The van der Waals surface area contributed by atoms with Gasteiger partial charge in [-0.15, -0.1) is 11.3 Å². The fraction of sp³-hybridized carbons (Fsp3) is 0.706. The van der Waals surface area contributed by atoms with Crippen molar-refractivity contribution in [3.8, 4) is 0 Å². The van der Waals surface area contributed by atoms with Gasteiger partial charge in [0.1, 0.15) is 0 Å². The number of thiophene rings is 1. The molecule has 5 heteroatoms. The number of aliphatic hydroxyl groups is 1. The molecule has 0 aliphatic heterocycles. The smallest absolute Gasteiger partial charge is 0.191 e. The summed E-state index contributed by atoms with van der Waals surface area (Å²) in [5, 5.41) is 18.0. The first-order chi connectivity index (χ1) is 10.7. The van der Waals surface area contributed by atoms with E-state index in [0.717, 1.165) is 44.9 Å². The minimum absolute atomic E-state index is 0.250. The van der Waals surface area contributed by atoms with Crippen LogP contribution in [-0.2, 0) is 0 Å². The average Bonchev–Trinajstić information content (AvgIpc) is 3.04. The van der Waals surface area contributed by atoms with Crippen molar-refractivity contribution < 1.29 is 5.11 Å². The summed E-state index contributed by atoms with van der Waals surface area (Å²) in [4.78, 5) is 6.09. The molecule has 4 nitrogen and oxygen atoms in total. The fourth-order valence-corrected chi connectivity index (χ4v) is 3.19. The number of nitrogens with zero attached hydrogens (tertiary/aromatic N) is 1. The number of hydrogen-bond acceptors (Lipinski definition) is 3. The first-order valence-corrected chi connectivity index (χ1v) is 9.25. The molecule has 1 aromatic rings. The Balaban J connectivity index is 2.50. The summed E-state index contributed by atoms with van der Waals surface area (Å²) in [6.07, 6.45) is 3.09. The molecule has 0 saturated heterocycles. The molecule has 0 spiro atoms. The van der Waals surface area contributed by atoms with Gasteiger partial charge in [0.2, 0.25) is 0 Å². The zero-order chi connectivity index (χ0) is 16.2. The lowest BCUT2D eigenvalue weighted by atomic mass is 10.0. The Hall–Kier alpha value is -1.07. The minimum atomic E-state index is 0.250. The van der Waals surface area contributed by atoms with E-state index in [1.54, 1.807) is 11.3 Å². The van der Waals surface area contributed by atoms with Gasteiger partial charge in [0.25, 0.3) is 0 Å². The van der Waals surface area contributed by atoms with Gasteiger partial charge in [-0.3, -0.25) is 4.99 Å². The number of rotatable bonds is 10. The minimum Gasteiger partial charge on any atom is -0.396 e. The maximum Gasteiger partial charge on any atom is 0.191 e. The molecule has 3 N–H and O–H groups in total. The van der Waals surface area contributed by atoms with Gasteiger partial charge in [-0.1, -0.05) is 26.3 Å². The van der Waals surface area contributed by atoms with Crippen LogP contribution in [0.25, 0.3) is 0 Å². The quantitative estimate of drug-likeness (QED) is 0.457. The maximum absolute atomic E-state index is 9.14. The normalized spacial score (nSPS) is 14.6. The Bertz CT molecular complexity index is 400. The lowest BCUT2D eigenvalue weighted by molar-refractivity contribution is 0.253. The molecule has 0 aliphatic carbocycles. The Morgan fingerprint density at radius 3 is 2.73 bits per heavy atom. The van der Waals surface area contributed by atoms with Crippen molar-refractivity contribution in [2.24, 2.45) is 10.9 Å². The van der Waals surface area contributed by atoms with E-state index in [-0.39, 0.29) is 6.61 Å². The van der Waals surface area contributed by atoms with Crippen LogP contribution in [0.3, 0.4) is 0 Å². The van der Waals surface area contributed by atoms with E-state index >= 15 is 0 Å². The van der Waals surface area contributed by atoms with Crippen LogP contribution in [0.2, 0.25) is 0 Å². The Morgan fingerprint density at radius 2 is 2.14 bits per heavy atom. The predicted molar refractivity (Wildman–Crippen MR) is 96.8 cm³/mol. The van der Waals surface area contributed by atoms with Crippen molar-refractivity contribution in [3.63, 3.8) is 0 Å². The molecule has 1 heterocycles. The van der Waals surface area contributed by atoms with Gasteiger partial charge < -0.3 is 15.7 Å². The standard InChI is InChI=1S/C17H31N3OS/c1-4-7-15(9-10-21)13-20-17(18-5-2)19-12-14(3)16-8-6-11-22-16/h6,8,11,14-15,21H,4-5,7,9-10,12-13H2,1-3H3,(H2,18,19,20). The lowest BCUT2D eigenvalue weighted by Gasteiger charge is -2.17. The third-order valence-corrected chi connectivity index (χ3v) is 4.79. The van der Waals surface area contributed by atoms with Crippen LogP contribution in [0, 0.1) is 5.92 Å². The first-order valence-electron chi connectivity index (χ1n) is 8.37. The zero-order valence-corrected chi connectivity index (χ0v) is 15.0. The monoisotopic (exact) mass is 325 g/mol. The summed E-state index contributed by atoms with van der Waals surface area (Å²) < 4.78 is 0. The molecule has 0 amide bonds. The van der Waals surface area contributed by atoms with E-state index in [2.05, 4.69) is 48.9 Å². The highest BCUT2D eigenvalue weighted by Gasteiger charge is 2.09. The second-order valence-corrected chi connectivity index (χ2v) is 6.66. The second kappa shape index (κ2) is 11.5. The van der Waals surface area contributed by atoms with Crippen LogP contribution < -0.4 is 10.6 Å². The van der Waals surface area contributed by atoms with Crippen molar-refractivity contribution in [1.82, 2.24) is 10.6 Å². The topological polar surface area (TPSA) is 56.7 Å². The molecule has 0 bridgehead atoms. The molecular weight excluding hydrogens is 294 g/mol. The highest BCUT2D eigenvalue weighted by atomic mass is 32.1. The van der Waals surface area contributed by atoms with E-state index in [9.17, 15) is 0 Å². The van der Waals surface area contributed by atoms with Crippen molar-refractivity contribution >= 4 is 17.3 Å². The molecule has 1 rings (SSSR count). The van der Waals surface area contributed by atoms with E-state index in [1.165, 1.54) is 4.88 Å². The first kappa shape index (κ1) is 19.0. The maximum atomic E-state index is 9.14. The van der Waals surface area contributed by atoms with Crippen LogP contribution in [0.1, 0.15) is 50.8 Å². The number of hydrogen-bond donors (Lipinski definition) is 3. The van der Waals surface area contributed by atoms with Gasteiger partial charge in [0, 0.05) is 37.0 Å². The van der Waals surface area contributed by atoms with E-state index in [1.807, 2.05) is 0 Å². The van der Waals surface area contributed by atoms with Gasteiger partial charge in [0.05, 0.1) is 0 Å². The zero-order valence-electron chi connectivity index (χ0n) is 14.1. The third kappa shape index (κ3) is 7.27. The molecule has 0 saturated carbocycles. The highest BCUT2D eigenvalue weighted by molar-refractivity contribution is 7.10. The van der Waals surface area contributed by atoms with Gasteiger partial charge in [-0.05, 0) is 37.1 Å².